The van der Waals surface area contributed by atoms with Gasteiger partial charge in [0.15, 0.2) is 6.61 Å². The van der Waals surface area contributed by atoms with Crippen molar-refractivity contribution in [2.75, 3.05) is 13.2 Å². The van der Waals surface area contributed by atoms with Crippen molar-refractivity contribution in [2.24, 2.45) is 5.73 Å². The minimum Gasteiger partial charge on any atom is -0.454 e. The first-order valence-electron chi connectivity index (χ1n) is 8.71. The number of urea groups is 1. The minimum absolute atomic E-state index is 0.209. The summed E-state index contributed by atoms with van der Waals surface area (Å²) in [4.78, 5) is 35.3. The van der Waals surface area contributed by atoms with Gasteiger partial charge >= 0.3 is 12.0 Å². The van der Waals surface area contributed by atoms with Gasteiger partial charge in [-0.3, -0.25) is 4.79 Å². The maximum atomic E-state index is 12.2. The third-order valence-corrected chi connectivity index (χ3v) is 4.13. The van der Waals surface area contributed by atoms with Crippen molar-refractivity contribution in [3.05, 3.63) is 70.7 Å². The second kappa shape index (κ2) is 10.9. The van der Waals surface area contributed by atoms with Gasteiger partial charge in [0.2, 0.25) is 0 Å². The zero-order valence-corrected chi connectivity index (χ0v) is 15.9. The van der Waals surface area contributed by atoms with Crippen molar-refractivity contribution >= 4 is 29.5 Å². The molecule has 2 aromatic rings. The number of ether oxygens (including phenoxy) is 1. The standard InChI is InChI=1S/C20H22ClN3O4/c21-16-8-6-14(7-9-16)10-11-23-18(25)13-28-19(26)17(24-20(22)27)12-15-4-2-1-3-5-15/h1-9,17H,10-13H2,(H,23,25)(H3,22,24,27)/t17-/m0/s1. The zero-order valence-electron chi connectivity index (χ0n) is 15.2. The smallest absolute Gasteiger partial charge is 0.329 e. The molecular weight excluding hydrogens is 382 g/mol. The number of esters is 1. The summed E-state index contributed by atoms with van der Waals surface area (Å²) >= 11 is 5.82. The van der Waals surface area contributed by atoms with Crippen LogP contribution in [0.3, 0.4) is 0 Å². The lowest BCUT2D eigenvalue weighted by Gasteiger charge is -2.16. The van der Waals surface area contributed by atoms with Crippen molar-refractivity contribution in [3.8, 4) is 0 Å². The molecule has 0 bridgehead atoms. The predicted molar refractivity (Wildman–Crippen MR) is 106 cm³/mol. The van der Waals surface area contributed by atoms with E-state index >= 15 is 0 Å². The van der Waals surface area contributed by atoms with Gasteiger partial charge in [-0.25, -0.2) is 9.59 Å². The molecule has 7 nitrogen and oxygen atoms in total. The van der Waals surface area contributed by atoms with E-state index in [0.29, 0.717) is 18.0 Å². The molecule has 0 heterocycles. The van der Waals surface area contributed by atoms with Crippen LogP contribution in [0.5, 0.6) is 0 Å². The monoisotopic (exact) mass is 403 g/mol. The molecule has 2 rings (SSSR count). The van der Waals surface area contributed by atoms with E-state index in [1.54, 1.807) is 12.1 Å². The number of hydrogen-bond acceptors (Lipinski definition) is 4. The lowest BCUT2D eigenvalue weighted by Crippen LogP contribution is -2.46. The fraction of sp³-hybridized carbons (Fsp3) is 0.250. The van der Waals surface area contributed by atoms with Gasteiger partial charge in [0.1, 0.15) is 6.04 Å². The van der Waals surface area contributed by atoms with Crippen LogP contribution in [-0.2, 0) is 27.2 Å². The van der Waals surface area contributed by atoms with Crippen LogP contribution in [0.1, 0.15) is 11.1 Å². The maximum absolute atomic E-state index is 12.2. The normalized spacial score (nSPS) is 11.3. The number of primary amides is 1. The van der Waals surface area contributed by atoms with E-state index in [1.165, 1.54) is 0 Å². The van der Waals surface area contributed by atoms with Crippen molar-refractivity contribution in [1.29, 1.82) is 0 Å². The Labute approximate surface area is 168 Å². The second-order valence-electron chi connectivity index (χ2n) is 6.09. The molecule has 0 aliphatic heterocycles. The highest BCUT2D eigenvalue weighted by molar-refractivity contribution is 6.30. The van der Waals surface area contributed by atoms with E-state index in [1.807, 2.05) is 42.5 Å². The van der Waals surface area contributed by atoms with Gasteiger partial charge in [-0.05, 0) is 29.7 Å². The maximum Gasteiger partial charge on any atom is 0.329 e. The number of nitrogens with two attached hydrogens (primary N) is 1. The first-order chi connectivity index (χ1) is 13.4. The molecule has 2 aromatic carbocycles. The minimum atomic E-state index is -0.971. The van der Waals surface area contributed by atoms with E-state index < -0.39 is 30.6 Å². The Morgan fingerprint density at radius 3 is 2.32 bits per heavy atom. The molecule has 0 unspecified atom stereocenters. The number of hydrogen-bond donors (Lipinski definition) is 3. The summed E-state index contributed by atoms with van der Waals surface area (Å²) in [6, 6.07) is 14.6. The Morgan fingerprint density at radius 1 is 1.00 bits per heavy atom. The topological polar surface area (TPSA) is 111 Å². The number of nitrogens with one attached hydrogen (secondary N) is 2. The van der Waals surface area contributed by atoms with E-state index in [9.17, 15) is 14.4 Å². The van der Waals surface area contributed by atoms with Crippen LogP contribution in [0.25, 0.3) is 0 Å². The summed E-state index contributed by atoms with van der Waals surface area (Å²) in [6.07, 6.45) is 0.831. The molecule has 0 aromatic heterocycles. The number of amides is 3. The second-order valence-corrected chi connectivity index (χ2v) is 6.52. The van der Waals surface area contributed by atoms with Crippen LogP contribution in [0, 0.1) is 0 Å². The number of halogens is 1. The van der Waals surface area contributed by atoms with E-state index in [4.69, 9.17) is 22.1 Å². The molecule has 0 aliphatic carbocycles. The lowest BCUT2D eigenvalue weighted by atomic mass is 10.1. The van der Waals surface area contributed by atoms with Crippen molar-refractivity contribution in [3.63, 3.8) is 0 Å². The number of carbonyl (C=O) groups excluding carboxylic acids is 3. The lowest BCUT2D eigenvalue weighted by molar-refractivity contribution is -0.150. The van der Waals surface area contributed by atoms with Gasteiger partial charge in [-0.15, -0.1) is 0 Å². The molecular formula is C20H22ClN3O4. The molecule has 0 aliphatic rings. The molecule has 3 amide bonds. The number of benzene rings is 2. The highest BCUT2D eigenvalue weighted by atomic mass is 35.5. The van der Waals surface area contributed by atoms with Crippen molar-refractivity contribution < 1.29 is 19.1 Å². The highest BCUT2D eigenvalue weighted by Gasteiger charge is 2.22. The number of carbonyl (C=O) groups is 3. The molecule has 28 heavy (non-hydrogen) atoms. The van der Waals surface area contributed by atoms with Crippen LogP contribution in [0.2, 0.25) is 5.02 Å². The Kier molecular flexibility index (Phi) is 8.30. The average Bonchev–Trinajstić information content (AvgIpc) is 2.67. The summed E-state index contributed by atoms with van der Waals surface area (Å²) in [5, 5.41) is 5.66. The molecule has 0 saturated carbocycles. The first kappa shape index (κ1) is 21.2. The number of rotatable bonds is 9. The van der Waals surface area contributed by atoms with Gasteiger partial charge in [-0.2, -0.15) is 0 Å². The molecule has 0 saturated heterocycles. The molecule has 1 atom stereocenters. The molecule has 4 N–H and O–H groups in total. The fourth-order valence-corrected chi connectivity index (χ4v) is 2.63. The largest absolute Gasteiger partial charge is 0.454 e. The third-order valence-electron chi connectivity index (χ3n) is 3.88. The van der Waals surface area contributed by atoms with Crippen LogP contribution in [0.4, 0.5) is 4.79 Å². The van der Waals surface area contributed by atoms with E-state index in [0.717, 1.165) is 11.1 Å². The van der Waals surface area contributed by atoms with Gasteiger partial charge in [-0.1, -0.05) is 54.1 Å². The summed E-state index contributed by atoms with van der Waals surface area (Å²) < 4.78 is 5.02. The van der Waals surface area contributed by atoms with Gasteiger partial charge < -0.3 is 21.1 Å². The van der Waals surface area contributed by atoms with E-state index in [-0.39, 0.29) is 6.42 Å². The first-order valence-corrected chi connectivity index (χ1v) is 9.09. The quantitative estimate of drug-likeness (QED) is 0.554. The molecule has 148 valence electrons. The van der Waals surface area contributed by atoms with Gasteiger partial charge in [0.25, 0.3) is 5.91 Å². The van der Waals surface area contributed by atoms with Crippen molar-refractivity contribution in [2.45, 2.75) is 18.9 Å². The molecule has 8 heteroatoms. The van der Waals surface area contributed by atoms with Gasteiger partial charge in [0.05, 0.1) is 0 Å². The fourth-order valence-electron chi connectivity index (χ4n) is 2.50. The predicted octanol–water partition coefficient (Wildman–Crippen LogP) is 1.82. The third kappa shape index (κ3) is 7.67. The van der Waals surface area contributed by atoms with Crippen LogP contribution in [-0.4, -0.2) is 37.1 Å². The zero-order chi connectivity index (χ0) is 20.4. The SMILES string of the molecule is NC(=O)N[C@@H](Cc1ccccc1)C(=O)OCC(=O)NCCc1ccc(Cl)cc1. The van der Waals surface area contributed by atoms with Crippen LogP contribution >= 0.6 is 11.6 Å². The Morgan fingerprint density at radius 2 is 1.68 bits per heavy atom. The summed E-state index contributed by atoms with van der Waals surface area (Å²) in [5.41, 5.74) is 6.97. The Bertz CT molecular complexity index is 797. The Hall–Kier alpha value is -3.06. The molecule has 0 radical (unpaired) electrons. The summed E-state index contributed by atoms with van der Waals surface area (Å²) in [7, 11) is 0. The molecule has 0 fully saturated rings. The van der Waals surface area contributed by atoms with Crippen molar-refractivity contribution in [1.82, 2.24) is 10.6 Å². The average molecular weight is 404 g/mol. The van der Waals surface area contributed by atoms with Crippen LogP contribution in [0.15, 0.2) is 54.6 Å². The van der Waals surface area contributed by atoms with Crippen LogP contribution < -0.4 is 16.4 Å². The molecule has 0 spiro atoms. The highest BCUT2D eigenvalue weighted by Crippen LogP contribution is 2.09. The summed E-state index contributed by atoms with van der Waals surface area (Å²) in [6.45, 7) is -0.0455. The van der Waals surface area contributed by atoms with Gasteiger partial charge in [0, 0.05) is 18.0 Å². The Balaban J connectivity index is 1.77. The van der Waals surface area contributed by atoms with E-state index in [2.05, 4.69) is 10.6 Å². The summed E-state index contributed by atoms with van der Waals surface area (Å²) in [5.74, 6) is -1.16.